The zero-order chi connectivity index (χ0) is 11.1. The van der Waals surface area contributed by atoms with E-state index in [1.165, 1.54) is 12.8 Å². The molecule has 1 heterocycles. The van der Waals surface area contributed by atoms with Crippen LogP contribution in [0.2, 0.25) is 0 Å². The molecule has 0 spiro atoms. The van der Waals surface area contributed by atoms with E-state index >= 15 is 0 Å². The number of oxime groups is 1. The van der Waals surface area contributed by atoms with E-state index in [2.05, 4.69) is 17.2 Å². The predicted molar refractivity (Wildman–Crippen MR) is 60.9 cm³/mol. The van der Waals surface area contributed by atoms with Crippen LogP contribution in [0, 0.1) is 0 Å². The summed E-state index contributed by atoms with van der Waals surface area (Å²) < 4.78 is 1.76. The Kier molecular flexibility index (Phi) is 4.87. The van der Waals surface area contributed by atoms with E-state index in [1.54, 1.807) is 10.9 Å². The fourth-order valence-corrected chi connectivity index (χ4v) is 1.22. The maximum Gasteiger partial charge on any atom is 0.117 e. The molecule has 1 rings (SSSR count). The van der Waals surface area contributed by atoms with Gasteiger partial charge in [-0.3, -0.25) is 4.68 Å². The Hall–Kier alpha value is -1.32. The Balaban J connectivity index is 2.33. The number of hydrogen-bond donors (Lipinski definition) is 0. The fourth-order valence-electron chi connectivity index (χ4n) is 1.22. The minimum Gasteiger partial charge on any atom is -0.396 e. The Morgan fingerprint density at radius 2 is 2.33 bits per heavy atom. The summed E-state index contributed by atoms with van der Waals surface area (Å²) in [5, 5.41) is 8.12. The van der Waals surface area contributed by atoms with E-state index in [-0.39, 0.29) is 0 Å². The van der Waals surface area contributed by atoms with Crippen LogP contribution in [0.15, 0.2) is 17.5 Å². The maximum absolute atomic E-state index is 5.21. The van der Waals surface area contributed by atoms with Gasteiger partial charge in [0.15, 0.2) is 0 Å². The van der Waals surface area contributed by atoms with Crippen molar-refractivity contribution in [2.24, 2.45) is 12.2 Å². The number of rotatable bonds is 6. The number of aromatic nitrogens is 2. The van der Waals surface area contributed by atoms with Crippen LogP contribution in [-0.2, 0) is 11.9 Å². The van der Waals surface area contributed by atoms with Gasteiger partial charge in [0.1, 0.15) is 6.61 Å². The summed E-state index contributed by atoms with van der Waals surface area (Å²) in [6, 6.07) is 0. The van der Waals surface area contributed by atoms with E-state index in [0.29, 0.717) is 6.61 Å². The van der Waals surface area contributed by atoms with Crippen LogP contribution in [-0.4, -0.2) is 22.1 Å². The van der Waals surface area contributed by atoms with Crippen molar-refractivity contribution in [1.29, 1.82) is 0 Å². The lowest BCUT2D eigenvalue weighted by Crippen LogP contribution is -1.96. The second-order valence-corrected chi connectivity index (χ2v) is 3.62. The van der Waals surface area contributed by atoms with Crippen molar-refractivity contribution in [3.05, 3.63) is 18.0 Å². The molecule has 1 aromatic rings. The van der Waals surface area contributed by atoms with Crippen LogP contribution < -0.4 is 0 Å². The summed E-state index contributed by atoms with van der Waals surface area (Å²) in [5.41, 5.74) is 1.88. The van der Waals surface area contributed by atoms with E-state index in [0.717, 1.165) is 17.7 Å². The average Bonchev–Trinajstić information content (AvgIpc) is 2.64. The van der Waals surface area contributed by atoms with Crippen LogP contribution in [0.25, 0.3) is 0 Å². The molecule has 0 radical (unpaired) electrons. The van der Waals surface area contributed by atoms with Gasteiger partial charge in [0.2, 0.25) is 0 Å². The van der Waals surface area contributed by atoms with E-state index in [1.807, 2.05) is 20.2 Å². The highest BCUT2D eigenvalue weighted by Crippen LogP contribution is 2.00. The van der Waals surface area contributed by atoms with Gasteiger partial charge >= 0.3 is 0 Å². The van der Waals surface area contributed by atoms with Gasteiger partial charge in [-0.15, -0.1) is 0 Å². The quantitative estimate of drug-likeness (QED) is 0.410. The molecule has 1 aromatic heterocycles. The lowest BCUT2D eigenvalue weighted by molar-refractivity contribution is 0.140. The molecule has 0 aromatic carbocycles. The average molecular weight is 209 g/mol. The molecule has 0 aliphatic rings. The molecule has 0 aliphatic heterocycles. The molecule has 0 saturated carbocycles. The Bertz CT molecular complexity index is 317. The molecule has 0 N–H and O–H groups in total. The van der Waals surface area contributed by atoms with Gasteiger partial charge in [-0.1, -0.05) is 24.9 Å². The molecule has 4 nitrogen and oxygen atoms in total. The lowest BCUT2D eigenvalue weighted by atomic mass is 10.2. The maximum atomic E-state index is 5.21. The Labute approximate surface area is 90.9 Å². The lowest BCUT2D eigenvalue weighted by Gasteiger charge is -1.99. The second-order valence-electron chi connectivity index (χ2n) is 3.62. The standard InChI is InChI=1S/C11H19N3O/c1-4-5-6-7-15-13-10(2)11-8-12-14(3)9-11/h8-9H,4-7H2,1-3H3/b13-10+. The summed E-state index contributed by atoms with van der Waals surface area (Å²) in [4.78, 5) is 5.21. The molecule has 0 aliphatic carbocycles. The van der Waals surface area contributed by atoms with E-state index in [4.69, 9.17) is 4.84 Å². The molecule has 84 valence electrons. The van der Waals surface area contributed by atoms with Crippen molar-refractivity contribution in [1.82, 2.24) is 9.78 Å². The zero-order valence-corrected chi connectivity index (χ0v) is 9.73. The van der Waals surface area contributed by atoms with Gasteiger partial charge in [-0.05, 0) is 13.3 Å². The summed E-state index contributed by atoms with van der Waals surface area (Å²) in [5.74, 6) is 0. The largest absolute Gasteiger partial charge is 0.396 e. The molecule has 0 fully saturated rings. The minimum absolute atomic E-state index is 0.700. The van der Waals surface area contributed by atoms with Crippen LogP contribution >= 0.6 is 0 Å². The molecule has 0 saturated heterocycles. The third kappa shape index (κ3) is 4.14. The number of aryl methyl sites for hydroxylation is 1. The van der Waals surface area contributed by atoms with Crippen LogP contribution in [0.4, 0.5) is 0 Å². The minimum atomic E-state index is 0.700. The van der Waals surface area contributed by atoms with Crippen molar-refractivity contribution in [2.75, 3.05) is 6.61 Å². The number of unbranched alkanes of at least 4 members (excludes halogenated alkanes) is 2. The first kappa shape index (κ1) is 11.8. The fraction of sp³-hybridized carbons (Fsp3) is 0.636. The van der Waals surface area contributed by atoms with Gasteiger partial charge in [-0.2, -0.15) is 5.10 Å². The summed E-state index contributed by atoms with van der Waals surface area (Å²) >= 11 is 0. The highest BCUT2D eigenvalue weighted by Gasteiger charge is 1.99. The predicted octanol–water partition coefficient (Wildman–Crippen LogP) is 2.35. The van der Waals surface area contributed by atoms with E-state index in [9.17, 15) is 0 Å². The van der Waals surface area contributed by atoms with Crippen LogP contribution in [0.1, 0.15) is 38.7 Å². The first-order valence-corrected chi connectivity index (χ1v) is 5.39. The Morgan fingerprint density at radius 1 is 1.53 bits per heavy atom. The monoisotopic (exact) mass is 209 g/mol. The van der Waals surface area contributed by atoms with Gasteiger partial charge in [0.05, 0.1) is 11.9 Å². The second kappa shape index (κ2) is 6.22. The van der Waals surface area contributed by atoms with Gasteiger partial charge < -0.3 is 4.84 Å². The first-order chi connectivity index (χ1) is 7.24. The zero-order valence-electron chi connectivity index (χ0n) is 9.73. The normalized spacial score (nSPS) is 11.8. The van der Waals surface area contributed by atoms with E-state index < -0.39 is 0 Å². The number of nitrogens with zero attached hydrogens (tertiary/aromatic N) is 3. The number of hydrogen-bond acceptors (Lipinski definition) is 3. The summed E-state index contributed by atoms with van der Waals surface area (Å²) in [6.45, 7) is 4.80. The first-order valence-electron chi connectivity index (χ1n) is 5.39. The van der Waals surface area contributed by atoms with Crippen LogP contribution in [0.5, 0.6) is 0 Å². The molecule has 0 amide bonds. The highest BCUT2D eigenvalue weighted by molar-refractivity contribution is 5.97. The highest BCUT2D eigenvalue weighted by atomic mass is 16.6. The van der Waals surface area contributed by atoms with Crippen molar-refractivity contribution >= 4 is 5.71 Å². The van der Waals surface area contributed by atoms with Crippen molar-refractivity contribution in [3.63, 3.8) is 0 Å². The Morgan fingerprint density at radius 3 is 2.93 bits per heavy atom. The molecule has 4 heteroatoms. The summed E-state index contributed by atoms with van der Waals surface area (Å²) in [6.07, 6.45) is 7.18. The van der Waals surface area contributed by atoms with Gasteiger partial charge in [-0.25, -0.2) is 0 Å². The molecule has 0 atom stereocenters. The molecular weight excluding hydrogens is 190 g/mol. The van der Waals surface area contributed by atoms with Crippen LogP contribution in [0.3, 0.4) is 0 Å². The summed E-state index contributed by atoms with van der Waals surface area (Å²) in [7, 11) is 1.89. The SMILES string of the molecule is CCCCCO/N=C(\C)c1cnn(C)c1. The third-order valence-electron chi connectivity index (χ3n) is 2.16. The van der Waals surface area contributed by atoms with Gasteiger partial charge in [0.25, 0.3) is 0 Å². The van der Waals surface area contributed by atoms with Gasteiger partial charge in [0, 0.05) is 18.8 Å². The van der Waals surface area contributed by atoms with Crippen molar-refractivity contribution in [2.45, 2.75) is 33.1 Å². The smallest absolute Gasteiger partial charge is 0.117 e. The third-order valence-corrected chi connectivity index (χ3v) is 2.16. The topological polar surface area (TPSA) is 39.4 Å². The molecule has 0 bridgehead atoms. The molecule has 15 heavy (non-hydrogen) atoms. The molecule has 0 unspecified atom stereocenters. The molecular formula is C11H19N3O. The van der Waals surface area contributed by atoms with Crippen molar-refractivity contribution < 1.29 is 4.84 Å². The van der Waals surface area contributed by atoms with Crippen molar-refractivity contribution in [3.8, 4) is 0 Å².